The highest BCUT2D eigenvalue weighted by molar-refractivity contribution is 9.10. The van der Waals surface area contributed by atoms with Gasteiger partial charge in [-0.15, -0.1) is 0 Å². The molecule has 0 radical (unpaired) electrons. The van der Waals surface area contributed by atoms with Gasteiger partial charge in [-0.25, -0.2) is 0 Å². The van der Waals surface area contributed by atoms with Crippen molar-refractivity contribution in [2.45, 2.75) is 6.61 Å². The van der Waals surface area contributed by atoms with Gasteiger partial charge in [0.15, 0.2) is 0 Å². The van der Waals surface area contributed by atoms with Crippen molar-refractivity contribution in [3.8, 4) is 0 Å². The summed E-state index contributed by atoms with van der Waals surface area (Å²) >= 11 is 3.38. The minimum absolute atomic E-state index is 0.571. The molecule has 0 aliphatic rings. The Labute approximate surface area is 92.9 Å². The quantitative estimate of drug-likeness (QED) is 0.648. The Balaban J connectivity index is 2.25. The molecular formula is C11H14BrNO. The van der Waals surface area contributed by atoms with Crippen LogP contribution in [0.2, 0.25) is 0 Å². The lowest BCUT2D eigenvalue weighted by molar-refractivity contribution is 0.148. The maximum absolute atomic E-state index is 5.40. The topological polar surface area (TPSA) is 35.2 Å². The average Bonchev–Trinajstić information content (AvgIpc) is 2.21. The van der Waals surface area contributed by atoms with Crippen molar-refractivity contribution in [3.63, 3.8) is 0 Å². The minimum atomic E-state index is 0.571. The molecule has 0 aromatic heterocycles. The maximum atomic E-state index is 5.40. The molecule has 1 rings (SSSR count). The lowest BCUT2D eigenvalue weighted by atomic mass is 10.2. The molecule has 0 unspecified atom stereocenters. The summed E-state index contributed by atoms with van der Waals surface area (Å²) in [5, 5.41) is 0. The fraction of sp³-hybridized carbons (Fsp3) is 0.273. The van der Waals surface area contributed by atoms with Gasteiger partial charge in [0.2, 0.25) is 0 Å². The zero-order chi connectivity index (χ0) is 10.2. The molecular weight excluding hydrogens is 242 g/mol. The van der Waals surface area contributed by atoms with Gasteiger partial charge in [0.1, 0.15) is 0 Å². The number of benzene rings is 1. The van der Waals surface area contributed by atoms with E-state index in [1.165, 1.54) is 5.56 Å². The first-order valence-corrected chi connectivity index (χ1v) is 5.29. The molecule has 0 heterocycles. The maximum Gasteiger partial charge on any atom is 0.0721 e. The summed E-state index contributed by atoms with van der Waals surface area (Å²) in [7, 11) is 0. The number of ether oxygens (including phenoxy) is 1. The predicted octanol–water partition coefficient (Wildman–Crippen LogP) is 2.48. The fourth-order valence-electron chi connectivity index (χ4n) is 0.990. The monoisotopic (exact) mass is 255 g/mol. The molecule has 14 heavy (non-hydrogen) atoms. The first kappa shape index (κ1) is 11.4. The van der Waals surface area contributed by atoms with Crippen molar-refractivity contribution < 1.29 is 4.74 Å². The van der Waals surface area contributed by atoms with Gasteiger partial charge in [-0.2, -0.15) is 0 Å². The van der Waals surface area contributed by atoms with Crippen molar-refractivity contribution in [1.29, 1.82) is 0 Å². The van der Waals surface area contributed by atoms with Gasteiger partial charge in [0.05, 0.1) is 13.2 Å². The van der Waals surface area contributed by atoms with Crippen LogP contribution in [-0.4, -0.2) is 13.2 Å². The second-order valence-electron chi connectivity index (χ2n) is 2.85. The van der Waals surface area contributed by atoms with Gasteiger partial charge in [-0.3, -0.25) is 0 Å². The zero-order valence-corrected chi connectivity index (χ0v) is 9.53. The molecule has 1 aromatic rings. The number of nitrogens with two attached hydrogens (primary N) is 1. The van der Waals surface area contributed by atoms with E-state index in [2.05, 4.69) is 15.9 Å². The summed E-state index contributed by atoms with van der Waals surface area (Å²) in [4.78, 5) is 0. The highest BCUT2D eigenvalue weighted by Gasteiger charge is 1.91. The van der Waals surface area contributed by atoms with Crippen LogP contribution in [0.15, 0.2) is 40.9 Å². The highest BCUT2D eigenvalue weighted by Crippen LogP contribution is 2.10. The molecule has 0 fully saturated rings. The molecule has 0 amide bonds. The molecule has 0 atom stereocenters. The molecule has 0 spiro atoms. The smallest absolute Gasteiger partial charge is 0.0721 e. The Bertz CT molecular complexity index is 282. The molecule has 3 heteroatoms. The first-order valence-electron chi connectivity index (χ1n) is 4.50. The molecule has 2 nitrogen and oxygen atoms in total. The largest absolute Gasteiger partial charge is 0.373 e. The van der Waals surface area contributed by atoms with Gasteiger partial charge >= 0.3 is 0 Å². The fourth-order valence-corrected chi connectivity index (χ4v) is 1.25. The summed E-state index contributed by atoms with van der Waals surface area (Å²) in [5.41, 5.74) is 6.47. The van der Waals surface area contributed by atoms with Gasteiger partial charge in [0.25, 0.3) is 0 Å². The van der Waals surface area contributed by atoms with Crippen LogP contribution in [-0.2, 0) is 11.3 Å². The molecule has 0 aliphatic carbocycles. The van der Waals surface area contributed by atoms with E-state index in [0.717, 1.165) is 4.47 Å². The number of hydrogen-bond donors (Lipinski definition) is 1. The van der Waals surface area contributed by atoms with E-state index in [4.69, 9.17) is 10.5 Å². The van der Waals surface area contributed by atoms with Crippen LogP contribution in [0.3, 0.4) is 0 Å². The van der Waals surface area contributed by atoms with Crippen molar-refractivity contribution >= 4 is 15.9 Å². The van der Waals surface area contributed by atoms with E-state index in [-0.39, 0.29) is 0 Å². The average molecular weight is 256 g/mol. The highest BCUT2D eigenvalue weighted by atomic mass is 79.9. The van der Waals surface area contributed by atoms with E-state index in [1.54, 1.807) is 0 Å². The first-order chi connectivity index (χ1) is 6.83. The van der Waals surface area contributed by atoms with Crippen molar-refractivity contribution in [3.05, 3.63) is 46.5 Å². The second kappa shape index (κ2) is 6.76. The van der Waals surface area contributed by atoms with E-state index < -0.39 is 0 Å². The predicted molar refractivity (Wildman–Crippen MR) is 62.0 cm³/mol. The lowest BCUT2D eigenvalue weighted by Gasteiger charge is -2.01. The third-order valence-corrected chi connectivity index (χ3v) is 2.23. The Hall–Kier alpha value is -0.640. The molecule has 0 bridgehead atoms. The Morgan fingerprint density at radius 1 is 1.21 bits per heavy atom. The summed E-state index contributed by atoms with van der Waals surface area (Å²) in [6, 6.07) is 8.09. The summed E-state index contributed by atoms with van der Waals surface area (Å²) in [6.07, 6.45) is 3.82. The minimum Gasteiger partial charge on any atom is -0.373 e. The van der Waals surface area contributed by atoms with Gasteiger partial charge < -0.3 is 10.5 Å². The van der Waals surface area contributed by atoms with E-state index in [1.807, 2.05) is 36.4 Å². The molecule has 0 saturated heterocycles. The van der Waals surface area contributed by atoms with Crippen LogP contribution in [0, 0.1) is 0 Å². The lowest BCUT2D eigenvalue weighted by Crippen LogP contribution is -1.95. The molecule has 0 saturated carbocycles. The third-order valence-electron chi connectivity index (χ3n) is 1.70. The number of halogens is 1. The van der Waals surface area contributed by atoms with Crippen LogP contribution >= 0.6 is 15.9 Å². The van der Waals surface area contributed by atoms with Crippen molar-refractivity contribution in [1.82, 2.24) is 0 Å². The van der Waals surface area contributed by atoms with E-state index >= 15 is 0 Å². The SMILES string of the molecule is NC/C=C/COCc1ccc(Br)cc1. The Morgan fingerprint density at radius 2 is 1.93 bits per heavy atom. The Kier molecular flexibility index (Phi) is 5.52. The molecule has 76 valence electrons. The molecule has 1 aromatic carbocycles. The van der Waals surface area contributed by atoms with Gasteiger partial charge in [-0.1, -0.05) is 40.2 Å². The zero-order valence-electron chi connectivity index (χ0n) is 7.95. The normalized spacial score (nSPS) is 11.0. The van der Waals surface area contributed by atoms with Gasteiger partial charge in [0, 0.05) is 11.0 Å². The van der Waals surface area contributed by atoms with Crippen LogP contribution in [0.5, 0.6) is 0 Å². The summed E-state index contributed by atoms with van der Waals surface area (Å²) in [5.74, 6) is 0. The molecule has 0 aliphatic heterocycles. The summed E-state index contributed by atoms with van der Waals surface area (Å²) in [6.45, 7) is 1.83. The van der Waals surface area contributed by atoms with E-state index in [9.17, 15) is 0 Å². The van der Waals surface area contributed by atoms with Crippen LogP contribution in [0.1, 0.15) is 5.56 Å². The standard InChI is InChI=1S/C11H14BrNO/c12-11-5-3-10(4-6-11)9-14-8-2-1-7-13/h1-6H,7-9,13H2/b2-1+. The van der Waals surface area contributed by atoms with Crippen molar-refractivity contribution in [2.24, 2.45) is 5.73 Å². The van der Waals surface area contributed by atoms with Crippen LogP contribution in [0.4, 0.5) is 0 Å². The third kappa shape index (κ3) is 4.56. The molecule has 2 N–H and O–H groups in total. The second-order valence-corrected chi connectivity index (χ2v) is 3.76. The van der Waals surface area contributed by atoms with Crippen LogP contribution < -0.4 is 5.73 Å². The Morgan fingerprint density at radius 3 is 2.57 bits per heavy atom. The van der Waals surface area contributed by atoms with E-state index in [0.29, 0.717) is 19.8 Å². The van der Waals surface area contributed by atoms with Crippen molar-refractivity contribution in [2.75, 3.05) is 13.2 Å². The number of hydrogen-bond acceptors (Lipinski definition) is 2. The van der Waals surface area contributed by atoms with Crippen LogP contribution in [0.25, 0.3) is 0 Å². The van der Waals surface area contributed by atoms with Gasteiger partial charge in [-0.05, 0) is 17.7 Å². The summed E-state index contributed by atoms with van der Waals surface area (Å²) < 4.78 is 6.49. The number of rotatable bonds is 5.